The van der Waals surface area contributed by atoms with E-state index in [2.05, 4.69) is 27.2 Å². The van der Waals surface area contributed by atoms with Crippen LogP contribution in [0, 0.1) is 0 Å². The van der Waals surface area contributed by atoms with Gasteiger partial charge in [-0.3, -0.25) is 0 Å². The maximum absolute atomic E-state index is 6.07. The maximum atomic E-state index is 6.07. The molecule has 0 bridgehead atoms. The maximum Gasteiger partial charge on any atom is 0.133 e. The normalized spacial score (nSPS) is 15.0. The van der Waals surface area contributed by atoms with Gasteiger partial charge in [-0.2, -0.15) is 0 Å². The molecule has 0 N–H and O–H groups in total. The first kappa shape index (κ1) is 11.6. The lowest BCUT2D eigenvalue weighted by molar-refractivity contribution is 0.583. The number of aromatic nitrogens is 5. The molecule has 0 aromatic carbocycles. The SMILES string of the molecule is CCCn1nncc1-c1cc(Cl)nc(C2CC2)n1. The summed E-state index contributed by atoms with van der Waals surface area (Å²) in [6.07, 6.45) is 5.05. The first-order chi connectivity index (χ1) is 8.78. The highest BCUT2D eigenvalue weighted by Gasteiger charge is 2.27. The van der Waals surface area contributed by atoms with Crippen LogP contribution in [0.15, 0.2) is 12.3 Å². The third kappa shape index (κ3) is 2.22. The number of nitrogens with zero attached hydrogens (tertiary/aromatic N) is 5. The minimum absolute atomic E-state index is 0.484. The Balaban J connectivity index is 2.01. The van der Waals surface area contributed by atoms with Gasteiger partial charge in [0.1, 0.15) is 16.7 Å². The van der Waals surface area contributed by atoms with E-state index in [-0.39, 0.29) is 0 Å². The van der Waals surface area contributed by atoms with Crippen LogP contribution in [-0.2, 0) is 6.54 Å². The van der Waals surface area contributed by atoms with Gasteiger partial charge in [-0.05, 0) is 19.3 Å². The Hall–Kier alpha value is -1.49. The minimum atomic E-state index is 0.484. The summed E-state index contributed by atoms with van der Waals surface area (Å²) in [4.78, 5) is 8.87. The summed E-state index contributed by atoms with van der Waals surface area (Å²) in [7, 11) is 0. The molecule has 2 aromatic heterocycles. The molecular formula is C12H14ClN5. The second-order valence-corrected chi connectivity index (χ2v) is 4.94. The van der Waals surface area contributed by atoms with Gasteiger partial charge >= 0.3 is 0 Å². The lowest BCUT2D eigenvalue weighted by atomic mass is 10.3. The number of rotatable bonds is 4. The van der Waals surface area contributed by atoms with Crippen LogP contribution in [0.3, 0.4) is 0 Å². The Morgan fingerprint density at radius 1 is 1.39 bits per heavy atom. The molecule has 0 radical (unpaired) electrons. The van der Waals surface area contributed by atoms with Crippen molar-refractivity contribution >= 4 is 11.6 Å². The van der Waals surface area contributed by atoms with Gasteiger partial charge in [0.15, 0.2) is 0 Å². The fourth-order valence-corrected chi connectivity index (χ4v) is 2.11. The van der Waals surface area contributed by atoms with Crippen LogP contribution < -0.4 is 0 Å². The van der Waals surface area contributed by atoms with E-state index in [1.807, 2.05) is 4.68 Å². The fourth-order valence-electron chi connectivity index (χ4n) is 1.92. The van der Waals surface area contributed by atoms with Crippen molar-refractivity contribution < 1.29 is 0 Å². The van der Waals surface area contributed by atoms with Crippen molar-refractivity contribution in [3.05, 3.63) is 23.2 Å². The molecule has 0 saturated heterocycles. The predicted octanol–water partition coefficient (Wildman–Crippen LogP) is 2.68. The zero-order chi connectivity index (χ0) is 12.5. The lowest BCUT2D eigenvalue weighted by Crippen LogP contribution is -2.04. The highest BCUT2D eigenvalue weighted by Crippen LogP contribution is 2.39. The van der Waals surface area contributed by atoms with E-state index >= 15 is 0 Å². The molecule has 0 unspecified atom stereocenters. The van der Waals surface area contributed by atoms with E-state index in [0.717, 1.165) is 43.0 Å². The molecule has 1 fully saturated rings. The van der Waals surface area contributed by atoms with Crippen LogP contribution in [0.2, 0.25) is 5.15 Å². The van der Waals surface area contributed by atoms with Gasteiger partial charge in [0.2, 0.25) is 0 Å². The van der Waals surface area contributed by atoms with Crippen molar-refractivity contribution in [2.45, 2.75) is 38.6 Å². The lowest BCUT2D eigenvalue weighted by Gasteiger charge is -2.06. The molecule has 1 saturated carbocycles. The molecule has 0 amide bonds. The summed E-state index contributed by atoms with van der Waals surface area (Å²) in [5.41, 5.74) is 1.72. The van der Waals surface area contributed by atoms with Crippen LogP contribution in [0.25, 0.3) is 11.4 Å². The van der Waals surface area contributed by atoms with Gasteiger partial charge < -0.3 is 0 Å². The van der Waals surface area contributed by atoms with E-state index in [0.29, 0.717) is 11.1 Å². The Labute approximate surface area is 110 Å². The van der Waals surface area contributed by atoms with Crippen molar-refractivity contribution in [2.75, 3.05) is 0 Å². The molecule has 2 heterocycles. The van der Waals surface area contributed by atoms with E-state index in [9.17, 15) is 0 Å². The fraction of sp³-hybridized carbons (Fsp3) is 0.500. The third-order valence-electron chi connectivity index (χ3n) is 2.97. The Morgan fingerprint density at radius 2 is 2.22 bits per heavy atom. The standard InChI is InChI=1S/C12H14ClN5/c1-2-5-18-10(7-14-17-18)9-6-11(13)16-12(15-9)8-3-4-8/h6-8H,2-5H2,1H3. The molecule has 18 heavy (non-hydrogen) atoms. The molecule has 5 nitrogen and oxygen atoms in total. The van der Waals surface area contributed by atoms with E-state index in [1.165, 1.54) is 0 Å². The summed E-state index contributed by atoms with van der Waals surface area (Å²) >= 11 is 6.07. The monoisotopic (exact) mass is 263 g/mol. The van der Waals surface area contributed by atoms with Crippen molar-refractivity contribution in [2.24, 2.45) is 0 Å². The minimum Gasteiger partial charge on any atom is -0.243 e. The molecular weight excluding hydrogens is 250 g/mol. The average molecular weight is 264 g/mol. The Bertz CT molecular complexity index is 561. The highest BCUT2D eigenvalue weighted by atomic mass is 35.5. The third-order valence-corrected chi connectivity index (χ3v) is 3.16. The zero-order valence-corrected chi connectivity index (χ0v) is 10.9. The van der Waals surface area contributed by atoms with Gasteiger partial charge in [0.25, 0.3) is 0 Å². The van der Waals surface area contributed by atoms with Crippen LogP contribution in [0.1, 0.15) is 37.9 Å². The largest absolute Gasteiger partial charge is 0.243 e. The Morgan fingerprint density at radius 3 is 2.94 bits per heavy atom. The van der Waals surface area contributed by atoms with Crippen LogP contribution >= 0.6 is 11.6 Å². The van der Waals surface area contributed by atoms with Crippen molar-refractivity contribution in [1.29, 1.82) is 0 Å². The quantitative estimate of drug-likeness (QED) is 0.796. The molecule has 3 rings (SSSR count). The van der Waals surface area contributed by atoms with Gasteiger partial charge in [-0.15, -0.1) is 5.10 Å². The van der Waals surface area contributed by atoms with Crippen molar-refractivity contribution in [3.8, 4) is 11.4 Å². The molecule has 0 atom stereocenters. The van der Waals surface area contributed by atoms with Crippen LogP contribution in [-0.4, -0.2) is 25.0 Å². The van der Waals surface area contributed by atoms with Crippen molar-refractivity contribution in [1.82, 2.24) is 25.0 Å². The van der Waals surface area contributed by atoms with E-state index < -0.39 is 0 Å². The van der Waals surface area contributed by atoms with Crippen molar-refractivity contribution in [3.63, 3.8) is 0 Å². The van der Waals surface area contributed by atoms with Gasteiger partial charge in [-0.25, -0.2) is 14.6 Å². The molecule has 1 aliphatic carbocycles. The number of hydrogen-bond donors (Lipinski definition) is 0. The summed E-state index contributed by atoms with van der Waals surface area (Å²) in [6, 6.07) is 1.78. The van der Waals surface area contributed by atoms with Crippen LogP contribution in [0.5, 0.6) is 0 Å². The summed E-state index contributed by atoms with van der Waals surface area (Å²) < 4.78 is 1.86. The summed E-state index contributed by atoms with van der Waals surface area (Å²) in [6.45, 7) is 2.93. The van der Waals surface area contributed by atoms with Gasteiger partial charge in [-0.1, -0.05) is 23.7 Å². The van der Waals surface area contributed by atoms with E-state index in [1.54, 1.807) is 12.3 Å². The first-order valence-corrected chi connectivity index (χ1v) is 6.59. The topological polar surface area (TPSA) is 56.5 Å². The second-order valence-electron chi connectivity index (χ2n) is 4.55. The molecule has 1 aliphatic rings. The predicted molar refractivity (Wildman–Crippen MR) is 68.3 cm³/mol. The number of hydrogen-bond acceptors (Lipinski definition) is 4. The summed E-state index contributed by atoms with van der Waals surface area (Å²) in [5.74, 6) is 1.33. The Kier molecular flexibility index (Phi) is 2.99. The number of halogens is 1. The molecule has 0 spiro atoms. The van der Waals surface area contributed by atoms with Gasteiger partial charge in [0, 0.05) is 18.5 Å². The molecule has 94 valence electrons. The second kappa shape index (κ2) is 4.65. The smallest absolute Gasteiger partial charge is 0.133 e. The zero-order valence-electron chi connectivity index (χ0n) is 10.2. The van der Waals surface area contributed by atoms with Gasteiger partial charge in [0.05, 0.1) is 11.9 Å². The van der Waals surface area contributed by atoms with Crippen LogP contribution in [0.4, 0.5) is 0 Å². The highest BCUT2D eigenvalue weighted by molar-refractivity contribution is 6.29. The molecule has 2 aromatic rings. The first-order valence-electron chi connectivity index (χ1n) is 6.21. The molecule has 6 heteroatoms. The molecule has 0 aliphatic heterocycles. The summed E-state index contributed by atoms with van der Waals surface area (Å²) in [5, 5.41) is 8.50. The average Bonchev–Trinajstić information content (AvgIpc) is 3.10. The van der Waals surface area contributed by atoms with E-state index in [4.69, 9.17) is 11.6 Å². The number of aryl methyl sites for hydroxylation is 1.